The van der Waals surface area contributed by atoms with E-state index in [9.17, 15) is 8.42 Å². The fraction of sp³-hybridized carbons (Fsp3) is 0.351. The zero-order valence-corrected chi connectivity index (χ0v) is 71.8. The first-order chi connectivity index (χ1) is 57.3. The lowest BCUT2D eigenvalue weighted by Crippen LogP contribution is -2.44. The lowest BCUT2D eigenvalue weighted by Gasteiger charge is -2.29. The molecular formula is C77H87N31O3S7. The smallest absolute Gasteiger partial charge is 0.252 e. The number of aryl methyl sites for hydroxylation is 7. The Morgan fingerprint density at radius 1 is 0.517 bits per heavy atom. The van der Waals surface area contributed by atoms with Gasteiger partial charge in [-0.15, -0.1) is 34.9 Å². The SMILES string of the molecule is Cc1cc(Nc2cc(C3CCCNC3)nc3c(-c4ccoc4)cnn23)sn1.Cc1cc(Nc2cc(N3C[C@@H]4C[C@H]3CN4)nc3c(-c4cnn(C)c4)cnn23)sc1S(=O)(=O)N(C)C.Cc1cc(Nc2cc(SC3CCNC3)nc3c(-c4cnn(C)c4)cnn23)sn1.Cc1cc(Nc2cc(SC3CCNC3)nc3c(-c4cnn(C)c4)cnn23)sn1. The third-order valence-corrected chi connectivity index (χ3v) is 29.2. The van der Waals surface area contributed by atoms with E-state index in [4.69, 9.17) is 24.4 Å². The molecule has 3 unspecified atom stereocenters. The fourth-order valence-electron chi connectivity index (χ4n) is 15.0. The molecule has 5 fully saturated rings. The summed E-state index contributed by atoms with van der Waals surface area (Å²) in [5.41, 5.74) is 15.8. The van der Waals surface area contributed by atoms with Crippen LogP contribution >= 0.6 is 69.5 Å². The van der Waals surface area contributed by atoms with E-state index in [-0.39, 0.29) is 0 Å². The molecule has 8 N–H and O–H groups in total. The van der Waals surface area contributed by atoms with Crippen LogP contribution in [0.25, 0.3) is 67.1 Å². The number of sulfonamides is 1. The van der Waals surface area contributed by atoms with E-state index in [0.717, 1.165) is 227 Å². The van der Waals surface area contributed by atoms with Crippen LogP contribution in [-0.2, 0) is 31.2 Å². The van der Waals surface area contributed by atoms with Crippen LogP contribution in [0.15, 0.2) is 148 Å². The molecule has 0 aliphatic carbocycles. The van der Waals surface area contributed by atoms with Gasteiger partial charge >= 0.3 is 0 Å². The van der Waals surface area contributed by atoms with Crippen molar-refractivity contribution >= 4 is 151 Å². The summed E-state index contributed by atoms with van der Waals surface area (Å²) in [6, 6.07) is 19.1. The van der Waals surface area contributed by atoms with Gasteiger partial charge in [0, 0.05) is 184 Å². The standard InChI is InChI=1S/C22H27N9O2S2.C19H20N6OS.2C18H20N8S2/c1-13-5-20(34-22(13)35(32,33)28(2)3)26-19-7-18(30-12-15-6-16(30)9-23-15)27-21-17(10-25-31(19)21)14-8-24-29(4)11-14;1-12-7-18(27-24-12)23-17-8-16(13-3-2-5-20-9-13)22-19-15(10-21-25(17)19)14-4-6-26-11-14;2*1-11-5-17(28-24-11)22-15-6-16(27-13-3-4-19-8-13)23-18-14(9-21-26(15)18)12-7-20-25(2)10-12/h5,7-8,10-11,15-16,23,26H,6,9,12H2,1-4H3;4,6-8,10-11,13,20,23H,2-3,5,9H2,1H3;2*5-7,9-10,13,19,22H,3-4,8H2,1-2H3/t15-,16-;;;/m0.../s1. The van der Waals surface area contributed by atoms with Gasteiger partial charge in [0.25, 0.3) is 10.0 Å². The summed E-state index contributed by atoms with van der Waals surface area (Å²) in [6.07, 6.45) is 27.9. The van der Waals surface area contributed by atoms with Crippen molar-refractivity contribution in [1.29, 1.82) is 0 Å². The maximum atomic E-state index is 12.8. The third-order valence-electron chi connectivity index (χ3n) is 20.9. The molecule has 21 rings (SSSR count). The first-order valence-electron chi connectivity index (χ1n) is 38.7. The van der Waals surface area contributed by atoms with E-state index in [2.05, 4.69) is 114 Å². The minimum atomic E-state index is -3.53. The topological polar surface area (TPSA) is 363 Å². The zero-order valence-electron chi connectivity index (χ0n) is 66.1. The normalized spacial score (nSPS) is 17.9. The molecule has 118 heavy (non-hydrogen) atoms. The highest BCUT2D eigenvalue weighted by Gasteiger charge is 2.39. The van der Waals surface area contributed by atoms with Crippen molar-refractivity contribution in [3.8, 4) is 44.5 Å². The molecule has 5 aliphatic rings. The number of piperazine rings is 1. The Kier molecular flexibility index (Phi) is 22.4. The van der Waals surface area contributed by atoms with Crippen molar-refractivity contribution < 1.29 is 12.8 Å². The van der Waals surface area contributed by atoms with E-state index in [1.807, 2.05) is 172 Å². The van der Waals surface area contributed by atoms with Gasteiger partial charge in [0.2, 0.25) is 0 Å². The van der Waals surface area contributed by atoms with Crippen LogP contribution in [0.3, 0.4) is 0 Å². The lowest BCUT2D eigenvalue weighted by atomic mass is 9.96. The summed E-state index contributed by atoms with van der Waals surface area (Å²) in [5, 5.41) is 65.8. The van der Waals surface area contributed by atoms with Crippen LogP contribution in [0.5, 0.6) is 0 Å². The highest BCUT2D eigenvalue weighted by molar-refractivity contribution is 8.00. The maximum absolute atomic E-state index is 12.8. The molecule has 16 aromatic rings. The number of rotatable bonds is 20. The van der Waals surface area contributed by atoms with Crippen LogP contribution in [0.4, 0.5) is 49.1 Å². The van der Waals surface area contributed by atoms with E-state index in [0.29, 0.717) is 38.3 Å². The second-order valence-electron chi connectivity index (χ2n) is 29.9. The molecule has 16 aromatic heterocycles. The number of hydrogen-bond acceptors (Lipinski definition) is 32. The number of thioether (sulfide) groups is 2. The number of thiophene rings is 1. The third kappa shape index (κ3) is 16.8. The number of anilines is 9. The minimum Gasteiger partial charge on any atom is -0.472 e. The number of fused-ring (bicyclic) bond motifs is 6. The molecule has 21 heterocycles. The summed E-state index contributed by atoms with van der Waals surface area (Å²) in [7, 11) is 5.27. The van der Waals surface area contributed by atoms with Gasteiger partial charge in [-0.05, 0) is 150 Å². The molecule has 5 aliphatic heterocycles. The van der Waals surface area contributed by atoms with Crippen molar-refractivity contribution in [1.82, 2.24) is 126 Å². The van der Waals surface area contributed by atoms with Gasteiger partial charge < -0.3 is 51.9 Å². The van der Waals surface area contributed by atoms with Crippen molar-refractivity contribution in [2.45, 2.75) is 103 Å². The minimum absolute atomic E-state index is 0.329. The lowest BCUT2D eigenvalue weighted by molar-refractivity contribution is 0.455. The molecule has 0 saturated carbocycles. The fourth-order valence-corrected chi connectivity index (χ4v) is 22.0. The Balaban J connectivity index is 0.000000109. The van der Waals surface area contributed by atoms with Crippen molar-refractivity contribution in [2.24, 2.45) is 21.1 Å². The Hall–Kier alpha value is -10.6. The van der Waals surface area contributed by atoms with Crippen LogP contribution in [-0.4, -0.2) is 203 Å². The maximum Gasteiger partial charge on any atom is 0.252 e. The van der Waals surface area contributed by atoms with E-state index in [1.165, 1.54) is 56.7 Å². The second kappa shape index (κ2) is 33.7. The molecule has 0 amide bonds. The molecular weight excluding hydrogens is 1630 g/mol. The van der Waals surface area contributed by atoms with Crippen molar-refractivity contribution in [3.05, 3.63) is 157 Å². The number of aromatic nitrogens is 21. The summed E-state index contributed by atoms with van der Waals surface area (Å²) in [5.74, 6) is 4.69. The van der Waals surface area contributed by atoms with Gasteiger partial charge in [-0.1, -0.05) is 0 Å². The summed E-state index contributed by atoms with van der Waals surface area (Å²) < 4.78 is 58.1. The molecule has 5 saturated heterocycles. The second-order valence-corrected chi connectivity index (χ2v) is 38.4. The van der Waals surface area contributed by atoms with Crippen LogP contribution in [0, 0.1) is 27.7 Å². The average molecular weight is 1720 g/mol. The molecule has 34 nitrogen and oxygen atoms in total. The Morgan fingerprint density at radius 3 is 1.41 bits per heavy atom. The van der Waals surface area contributed by atoms with Gasteiger partial charge in [0.05, 0.1) is 83.7 Å². The van der Waals surface area contributed by atoms with Gasteiger partial charge in [-0.25, -0.2) is 32.7 Å². The molecule has 2 bridgehead atoms. The van der Waals surface area contributed by atoms with Crippen LogP contribution < -0.4 is 47.4 Å². The van der Waals surface area contributed by atoms with Gasteiger partial charge in [0.15, 0.2) is 22.6 Å². The molecule has 0 radical (unpaired) electrons. The number of piperidine rings is 1. The molecule has 41 heteroatoms. The molecule has 5 atom stereocenters. The largest absolute Gasteiger partial charge is 0.472 e. The summed E-state index contributed by atoms with van der Waals surface area (Å²) in [6.45, 7) is 15.9. The average Bonchev–Trinajstić information content (AvgIpc) is 1.61. The summed E-state index contributed by atoms with van der Waals surface area (Å²) in [4.78, 5) is 22.3. The Morgan fingerprint density at radius 2 is 0.992 bits per heavy atom. The quantitative estimate of drug-likeness (QED) is 0.0329. The van der Waals surface area contributed by atoms with Gasteiger partial charge in [0.1, 0.15) is 58.4 Å². The van der Waals surface area contributed by atoms with E-state index in [1.54, 1.807) is 57.6 Å². The van der Waals surface area contributed by atoms with Gasteiger partial charge in [-0.3, -0.25) is 14.0 Å². The highest BCUT2D eigenvalue weighted by atomic mass is 32.2. The first kappa shape index (κ1) is 78.6. The van der Waals surface area contributed by atoms with E-state index < -0.39 is 10.0 Å². The van der Waals surface area contributed by atoms with Crippen LogP contribution in [0.2, 0.25) is 0 Å². The van der Waals surface area contributed by atoms with Crippen molar-refractivity contribution in [3.63, 3.8) is 0 Å². The highest BCUT2D eigenvalue weighted by Crippen LogP contribution is 2.41. The summed E-state index contributed by atoms with van der Waals surface area (Å²) >= 11 is 9.20. The van der Waals surface area contributed by atoms with Gasteiger partial charge in [-0.2, -0.15) is 66.9 Å². The predicted octanol–water partition coefficient (Wildman–Crippen LogP) is 12.2. The molecule has 0 aromatic carbocycles. The number of nitrogens with zero attached hydrogens (tertiary/aromatic N) is 23. The Bertz CT molecular complexity index is 6180. The Labute approximate surface area is 703 Å². The molecule has 0 spiro atoms. The number of hydrogen-bond donors (Lipinski definition) is 8. The van der Waals surface area contributed by atoms with E-state index >= 15 is 0 Å². The molecule has 610 valence electrons. The monoisotopic (exact) mass is 1720 g/mol. The predicted molar refractivity (Wildman–Crippen MR) is 467 cm³/mol. The zero-order chi connectivity index (χ0) is 80.9. The first-order valence-corrected chi connectivity index (χ1v) is 45.0. The number of furan rings is 1. The van der Waals surface area contributed by atoms with Crippen LogP contribution in [0.1, 0.15) is 66.4 Å². The number of nitrogens with one attached hydrogen (secondary N) is 8. The van der Waals surface area contributed by atoms with Crippen molar-refractivity contribution in [2.75, 3.05) is 92.6 Å².